The summed E-state index contributed by atoms with van der Waals surface area (Å²) in [5, 5.41) is 3.73. The third-order valence-corrected chi connectivity index (χ3v) is 4.58. The Hall–Kier alpha value is -2.54. The second kappa shape index (κ2) is 8.02. The van der Waals surface area contributed by atoms with E-state index in [9.17, 15) is 13.6 Å². The number of nitrogens with zero attached hydrogens (tertiary/aromatic N) is 1. The maximum absolute atomic E-state index is 13.4. The standard InChI is InChI=1S/C18H16F2N2O2S/c19-12-7-8-15(13(20)10-12)24-11-17(23)21-9-3-6-18-22-14-4-1-2-5-16(14)25-18/h1-2,4-5,7-8,10H,3,6,9,11H2,(H,21,23). The zero-order valence-corrected chi connectivity index (χ0v) is 14.1. The van der Waals surface area contributed by atoms with Gasteiger partial charge in [0.25, 0.3) is 5.91 Å². The van der Waals surface area contributed by atoms with Gasteiger partial charge in [-0.15, -0.1) is 11.3 Å². The van der Waals surface area contributed by atoms with E-state index >= 15 is 0 Å². The van der Waals surface area contributed by atoms with Crippen LogP contribution in [0.4, 0.5) is 8.78 Å². The largest absolute Gasteiger partial charge is 0.481 e. The number of carbonyl (C=O) groups excluding carboxylic acids is 1. The summed E-state index contributed by atoms with van der Waals surface area (Å²) in [6.45, 7) is 0.160. The highest BCUT2D eigenvalue weighted by atomic mass is 32.1. The van der Waals surface area contributed by atoms with Crippen LogP contribution in [0.25, 0.3) is 10.2 Å². The van der Waals surface area contributed by atoms with E-state index in [1.54, 1.807) is 11.3 Å². The molecule has 3 aromatic rings. The van der Waals surface area contributed by atoms with Crippen molar-refractivity contribution in [3.63, 3.8) is 0 Å². The lowest BCUT2D eigenvalue weighted by Crippen LogP contribution is -2.30. The number of thiazole rings is 1. The number of hydrogen-bond donors (Lipinski definition) is 1. The van der Waals surface area contributed by atoms with Gasteiger partial charge in [0, 0.05) is 19.0 Å². The van der Waals surface area contributed by atoms with Gasteiger partial charge in [-0.3, -0.25) is 4.79 Å². The maximum Gasteiger partial charge on any atom is 0.257 e. The molecule has 0 spiro atoms. The van der Waals surface area contributed by atoms with Crippen LogP contribution in [0, 0.1) is 11.6 Å². The molecule has 0 bridgehead atoms. The molecule has 3 rings (SSSR count). The normalized spacial score (nSPS) is 10.8. The molecule has 25 heavy (non-hydrogen) atoms. The molecule has 7 heteroatoms. The third kappa shape index (κ3) is 4.73. The number of aromatic nitrogens is 1. The molecule has 4 nitrogen and oxygen atoms in total. The van der Waals surface area contributed by atoms with Crippen LogP contribution in [0.1, 0.15) is 11.4 Å². The summed E-state index contributed by atoms with van der Waals surface area (Å²) in [6.07, 6.45) is 1.52. The van der Waals surface area contributed by atoms with Crippen molar-refractivity contribution in [2.75, 3.05) is 13.2 Å². The number of amides is 1. The van der Waals surface area contributed by atoms with Gasteiger partial charge < -0.3 is 10.1 Å². The smallest absolute Gasteiger partial charge is 0.257 e. The van der Waals surface area contributed by atoms with E-state index in [-0.39, 0.29) is 18.3 Å². The Kier molecular flexibility index (Phi) is 5.55. The van der Waals surface area contributed by atoms with Crippen molar-refractivity contribution in [3.8, 4) is 5.75 Å². The van der Waals surface area contributed by atoms with Crippen molar-refractivity contribution < 1.29 is 18.3 Å². The van der Waals surface area contributed by atoms with Gasteiger partial charge in [-0.05, 0) is 30.7 Å². The Balaban J connectivity index is 1.39. The summed E-state index contributed by atoms with van der Waals surface area (Å²) in [4.78, 5) is 16.2. The first-order valence-corrected chi connectivity index (χ1v) is 8.62. The van der Waals surface area contributed by atoms with Gasteiger partial charge in [0.05, 0.1) is 15.2 Å². The molecule has 1 aromatic heterocycles. The number of halogens is 2. The first kappa shape index (κ1) is 17.3. The summed E-state index contributed by atoms with van der Waals surface area (Å²) in [5.74, 6) is -2.02. The van der Waals surface area contributed by atoms with Crippen LogP contribution in [0.3, 0.4) is 0 Å². The number of nitrogens with one attached hydrogen (secondary N) is 1. The molecule has 0 aliphatic rings. The van der Waals surface area contributed by atoms with Crippen LogP contribution >= 0.6 is 11.3 Å². The van der Waals surface area contributed by atoms with E-state index in [2.05, 4.69) is 10.3 Å². The van der Waals surface area contributed by atoms with E-state index in [1.165, 1.54) is 0 Å². The van der Waals surface area contributed by atoms with Crippen LogP contribution in [0.15, 0.2) is 42.5 Å². The van der Waals surface area contributed by atoms with E-state index in [0.29, 0.717) is 12.6 Å². The predicted octanol–water partition coefficient (Wildman–Crippen LogP) is 3.70. The lowest BCUT2D eigenvalue weighted by atomic mass is 10.3. The number of rotatable bonds is 7. The van der Waals surface area contributed by atoms with Crippen molar-refractivity contribution >= 4 is 27.5 Å². The second-order valence-electron chi connectivity index (χ2n) is 5.39. The zero-order chi connectivity index (χ0) is 17.6. The third-order valence-electron chi connectivity index (χ3n) is 3.48. The Morgan fingerprint density at radius 1 is 1.20 bits per heavy atom. The summed E-state index contributed by atoms with van der Waals surface area (Å²) < 4.78 is 32.4. The number of hydrogen-bond acceptors (Lipinski definition) is 4. The molecule has 0 saturated heterocycles. The molecule has 1 heterocycles. The number of aryl methyl sites for hydroxylation is 1. The van der Waals surface area contributed by atoms with E-state index < -0.39 is 11.6 Å². The highest BCUT2D eigenvalue weighted by Crippen LogP contribution is 2.22. The SMILES string of the molecule is O=C(COc1ccc(F)cc1F)NCCCc1nc2ccccc2s1. The number of ether oxygens (including phenoxy) is 1. The molecular formula is C18H16F2N2O2S. The van der Waals surface area contributed by atoms with Gasteiger partial charge in [0.2, 0.25) is 0 Å². The molecule has 2 aromatic carbocycles. The lowest BCUT2D eigenvalue weighted by molar-refractivity contribution is -0.123. The molecule has 0 radical (unpaired) electrons. The molecule has 0 fully saturated rings. The van der Waals surface area contributed by atoms with Crippen LogP contribution < -0.4 is 10.1 Å². The molecule has 0 saturated carbocycles. The number of benzene rings is 2. The summed E-state index contributed by atoms with van der Waals surface area (Å²) in [6, 6.07) is 10.9. The van der Waals surface area contributed by atoms with Crippen LogP contribution in [0.2, 0.25) is 0 Å². The van der Waals surface area contributed by atoms with Crippen molar-refractivity contribution in [3.05, 3.63) is 59.1 Å². The maximum atomic E-state index is 13.4. The minimum Gasteiger partial charge on any atom is -0.481 e. The first-order chi connectivity index (χ1) is 12.1. The van der Waals surface area contributed by atoms with Gasteiger partial charge in [-0.1, -0.05) is 12.1 Å². The summed E-state index contributed by atoms with van der Waals surface area (Å²) in [7, 11) is 0. The molecule has 130 valence electrons. The second-order valence-corrected chi connectivity index (χ2v) is 6.51. The fourth-order valence-electron chi connectivity index (χ4n) is 2.28. The minimum absolute atomic E-state index is 0.147. The first-order valence-electron chi connectivity index (χ1n) is 7.81. The quantitative estimate of drug-likeness (QED) is 0.652. The average Bonchev–Trinajstić information content (AvgIpc) is 3.01. The van der Waals surface area contributed by atoms with Gasteiger partial charge in [0.15, 0.2) is 18.2 Å². The monoisotopic (exact) mass is 362 g/mol. The van der Waals surface area contributed by atoms with E-state index in [0.717, 1.165) is 40.2 Å². The molecule has 0 aliphatic carbocycles. The van der Waals surface area contributed by atoms with Gasteiger partial charge in [-0.25, -0.2) is 13.8 Å². The molecule has 0 atom stereocenters. The van der Waals surface area contributed by atoms with Crippen LogP contribution in [0.5, 0.6) is 5.75 Å². The Morgan fingerprint density at radius 2 is 2.04 bits per heavy atom. The van der Waals surface area contributed by atoms with Crippen LogP contribution in [-0.4, -0.2) is 24.0 Å². The molecular weight excluding hydrogens is 346 g/mol. The predicted molar refractivity (Wildman–Crippen MR) is 92.8 cm³/mol. The molecule has 1 N–H and O–H groups in total. The molecule has 0 unspecified atom stereocenters. The van der Waals surface area contributed by atoms with Crippen molar-refractivity contribution in [1.29, 1.82) is 0 Å². The van der Waals surface area contributed by atoms with Gasteiger partial charge in [-0.2, -0.15) is 0 Å². The molecule has 1 amide bonds. The topological polar surface area (TPSA) is 51.2 Å². The van der Waals surface area contributed by atoms with E-state index in [4.69, 9.17) is 4.74 Å². The van der Waals surface area contributed by atoms with Crippen molar-refractivity contribution in [2.45, 2.75) is 12.8 Å². The Morgan fingerprint density at radius 3 is 2.84 bits per heavy atom. The van der Waals surface area contributed by atoms with E-state index in [1.807, 2.05) is 24.3 Å². The summed E-state index contributed by atoms with van der Waals surface area (Å²) in [5.41, 5.74) is 0.987. The fourth-order valence-corrected chi connectivity index (χ4v) is 3.29. The highest BCUT2D eigenvalue weighted by molar-refractivity contribution is 7.18. The Bertz CT molecular complexity index is 849. The highest BCUT2D eigenvalue weighted by Gasteiger charge is 2.08. The van der Waals surface area contributed by atoms with Crippen molar-refractivity contribution in [1.82, 2.24) is 10.3 Å². The van der Waals surface area contributed by atoms with Gasteiger partial charge >= 0.3 is 0 Å². The minimum atomic E-state index is -0.830. The average molecular weight is 362 g/mol. The van der Waals surface area contributed by atoms with Gasteiger partial charge in [0.1, 0.15) is 5.82 Å². The van der Waals surface area contributed by atoms with Crippen molar-refractivity contribution in [2.24, 2.45) is 0 Å². The Labute approximate surface area is 147 Å². The number of carbonyl (C=O) groups is 1. The van der Waals surface area contributed by atoms with Crippen LogP contribution in [-0.2, 0) is 11.2 Å². The summed E-state index contributed by atoms with van der Waals surface area (Å²) >= 11 is 1.65. The molecule has 0 aliphatic heterocycles. The number of fused-ring (bicyclic) bond motifs is 1. The zero-order valence-electron chi connectivity index (χ0n) is 13.3. The lowest BCUT2D eigenvalue weighted by Gasteiger charge is -2.08. The fraction of sp³-hybridized carbons (Fsp3) is 0.222. The number of para-hydroxylation sites is 1.